The highest BCUT2D eigenvalue weighted by molar-refractivity contribution is 5.94. The summed E-state index contributed by atoms with van der Waals surface area (Å²) < 4.78 is 5.00. The highest BCUT2D eigenvalue weighted by atomic mass is 16.6. The monoisotopic (exact) mass is 303 g/mol. The van der Waals surface area contributed by atoms with Crippen molar-refractivity contribution in [2.75, 3.05) is 26.2 Å². The molecule has 4 rings (SSSR count). The second kappa shape index (κ2) is 4.86. The number of nitrogens with zero attached hydrogens (tertiary/aromatic N) is 2. The van der Waals surface area contributed by atoms with Crippen LogP contribution >= 0.6 is 0 Å². The Morgan fingerprint density at radius 3 is 3.00 bits per heavy atom. The number of hydrogen-bond acceptors (Lipinski definition) is 4. The minimum absolute atomic E-state index is 0.0984. The van der Waals surface area contributed by atoms with Crippen LogP contribution < -0.4 is 5.56 Å². The lowest BCUT2D eigenvalue weighted by molar-refractivity contribution is 0.0615. The quantitative estimate of drug-likeness (QED) is 0.800. The van der Waals surface area contributed by atoms with Crippen LogP contribution in [0.3, 0.4) is 0 Å². The Morgan fingerprint density at radius 1 is 1.27 bits per heavy atom. The molecular formula is C15H17N3O4. The van der Waals surface area contributed by atoms with Crippen molar-refractivity contribution >= 4 is 12.0 Å². The number of aryl methyl sites for hydroxylation is 2. The van der Waals surface area contributed by atoms with Gasteiger partial charge in [0.25, 0.3) is 11.5 Å². The van der Waals surface area contributed by atoms with E-state index in [0.717, 1.165) is 30.5 Å². The number of cyclic esters (lactones) is 1. The first-order valence-electron chi connectivity index (χ1n) is 7.61. The molecule has 1 N–H and O–H groups in total. The molecule has 0 aromatic carbocycles. The van der Waals surface area contributed by atoms with Crippen molar-refractivity contribution in [3.05, 3.63) is 33.2 Å². The third-order valence-corrected chi connectivity index (χ3v) is 4.72. The molecule has 1 aromatic heterocycles. The van der Waals surface area contributed by atoms with Crippen LogP contribution in [-0.4, -0.2) is 59.1 Å². The number of aromatic nitrogens is 1. The number of carbonyl (C=O) groups excluding carboxylic acids is 2. The maximum atomic E-state index is 12.7. The first-order chi connectivity index (χ1) is 10.6. The number of amides is 2. The summed E-state index contributed by atoms with van der Waals surface area (Å²) in [7, 11) is 0. The van der Waals surface area contributed by atoms with E-state index in [1.165, 1.54) is 0 Å². The molecule has 0 spiro atoms. The number of fused-ring (bicyclic) bond motifs is 2. The molecule has 1 aliphatic carbocycles. The molecule has 0 saturated carbocycles. The predicted octanol–water partition coefficient (Wildman–Crippen LogP) is 0.140. The summed E-state index contributed by atoms with van der Waals surface area (Å²) in [6.07, 6.45) is 2.49. The topological polar surface area (TPSA) is 82.7 Å². The van der Waals surface area contributed by atoms with Gasteiger partial charge in [-0.15, -0.1) is 0 Å². The molecule has 0 bridgehead atoms. The number of carbonyl (C=O) groups is 2. The van der Waals surface area contributed by atoms with Crippen LogP contribution in [0.25, 0.3) is 0 Å². The molecule has 116 valence electrons. The third kappa shape index (κ3) is 2.00. The Bertz CT molecular complexity index is 711. The molecule has 1 unspecified atom stereocenters. The van der Waals surface area contributed by atoms with Crippen LogP contribution in [0.1, 0.15) is 28.0 Å². The summed E-state index contributed by atoms with van der Waals surface area (Å²) in [5.41, 5.74) is 1.92. The van der Waals surface area contributed by atoms with Gasteiger partial charge in [-0.1, -0.05) is 0 Å². The smallest absolute Gasteiger partial charge is 0.410 e. The average molecular weight is 303 g/mol. The average Bonchev–Trinajstić information content (AvgIpc) is 3.12. The molecule has 2 saturated heterocycles. The lowest BCUT2D eigenvalue weighted by atomic mass is 10.1. The summed E-state index contributed by atoms with van der Waals surface area (Å²) in [4.78, 5) is 42.4. The number of rotatable bonds is 1. The first kappa shape index (κ1) is 13.4. The van der Waals surface area contributed by atoms with Gasteiger partial charge >= 0.3 is 6.09 Å². The molecule has 2 aliphatic heterocycles. The molecule has 2 amide bonds. The Labute approximate surface area is 126 Å². The van der Waals surface area contributed by atoms with E-state index >= 15 is 0 Å². The molecule has 0 radical (unpaired) electrons. The van der Waals surface area contributed by atoms with E-state index < -0.39 is 0 Å². The predicted molar refractivity (Wildman–Crippen MR) is 76.8 cm³/mol. The van der Waals surface area contributed by atoms with E-state index in [1.54, 1.807) is 15.9 Å². The molecule has 2 fully saturated rings. The minimum Gasteiger partial charge on any atom is -0.447 e. The van der Waals surface area contributed by atoms with Gasteiger partial charge in [0.1, 0.15) is 12.2 Å². The largest absolute Gasteiger partial charge is 0.447 e. The number of nitrogens with one attached hydrogen (secondary N) is 1. The maximum Gasteiger partial charge on any atom is 0.410 e. The number of hydrogen-bond donors (Lipinski definition) is 1. The normalized spacial score (nSPS) is 23.3. The van der Waals surface area contributed by atoms with Gasteiger partial charge in [-0.25, -0.2) is 4.79 Å². The zero-order valence-electron chi connectivity index (χ0n) is 12.1. The summed E-state index contributed by atoms with van der Waals surface area (Å²) in [5.74, 6) is -0.255. The summed E-state index contributed by atoms with van der Waals surface area (Å²) >= 11 is 0. The highest BCUT2D eigenvalue weighted by Gasteiger charge is 2.39. The summed E-state index contributed by atoms with van der Waals surface area (Å²) in [6, 6.07) is 1.64. The van der Waals surface area contributed by atoms with Gasteiger partial charge in [0.15, 0.2) is 0 Å². The van der Waals surface area contributed by atoms with Crippen LogP contribution in [0.2, 0.25) is 0 Å². The number of ether oxygens (including phenoxy) is 1. The lowest BCUT2D eigenvalue weighted by Crippen LogP contribution is -2.54. The SMILES string of the molecule is O=C(c1cc2c([nH]c1=O)CCC2)N1CCN2C(=O)OCC2C1. The van der Waals surface area contributed by atoms with Crippen LogP contribution in [0, 0.1) is 0 Å². The van der Waals surface area contributed by atoms with Gasteiger partial charge in [-0.05, 0) is 30.9 Å². The molecule has 1 aromatic rings. The van der Waals surface area contributed by atoms with Gasteiger partial charge < -0.3 is 14.6 Å². The van der Waals surface area contributed by atoms with Crippen molar-refractivity contribution in [3.63, 3.8) is 0 Å². The van der Waals surface area contributed by atoms with Crippen LogP contribution in [0.4, 0.5) is 4.79 Å². The van der Waals surface area contributed by atoms with Crippen molar-refractivity contribution in [1.82, 2.24) is 14.8 Å². The number of pyridine rings is 1. The van der Waals surface area contributed by atoms with E-state index in [2.05, 4.69) is 4.98 Å². The Balaban J connectivity index is 1.58. The summed E-state index contributed by atoms with van der Waals surface area (Å²) in [5, 5.41) is 0. The Kier molecular flexibility index (Phi) is 2.95. The van der Waals surface area contributed by atoms with Crippen molar-refractivity contribution in [3.8, 4) is 0 Å². The van der Waals surface area contributed by atoms with Crippen LogP contribution in [-0.2, 0) is 17.6 Å². The number of aromatic amines is 1. The third-order valence-electron chi connectivity index (χ3n) is 4.72. The van der Waals surface area contributed by atoms with Crippen molar-refractivity contribution < 1.29 is 14.3 Å². The van der Waals surface area contributed by atoms with E-state index in [0.29, 0.717) is 26.2 Å². The standard InChI is InChI=1S/C15H17N3O4/c19-13-11(6-9-2-1-3-12(9)16-13)14(20)17-4-5-18-10(7-17)8-22-15(18)21/h6,10H,1-5,7-8H2,(H,16,19). The van der Waals surface area contributed by atoms with Gasteiger partial charge in [-0.3, -0.25) is 14.5 Å². The molecular weight excluding hydrogens is 286 g/mol. The second-order valence-corrected chi connectivity index (χ2v) is 6.04. The zero-order valence-corrected chi connectivity index (χ0v) is 12.1. The van der Waals surface area contributed by atoms with E-state index in [1.807, 2.05) is 0 Å². The molecule has 7 heteroatoms. The fraction of sp³-hybridized carbons (Fsp3) is 0.533. The fourth-order valence-corrected chi connectivity index (χ4v) is 3.52. The summed E-state index contributed by atoms with van der Waals surface area (Å²) in [6.45, 7) is 1.61. The molecule has 3 aliphatic rings. The van der Waals surface area contributed by atoms with Gasteiger partial charge in [-0.2, -0.15) is 0 Å². The van der Waals surface area contributed by atoms with Crippen molar-refractivity contribution in [2.45, 2.75) is 25.3 Å². The van der Waals surface area contributed by atoms with Gasteiger partial charge in [0.05, 0.1) is 6.04 Å². The van der Waals surface area contributed by atoms with Crippen molar-refractivity contribution in [1.29, 1.82) is 0 Å². The van der Waals surface area contributed by atoms with E-state index in [-0.39, 0.29) is 29.2 Å². The molecule has 3 heterocycles. The van der Waals surface area contributed by atoms with Gasteiger partial charge in [0.2, 0.25) is 0 Å². The Hall–Kier alpha value is -2.31. The lowest BCUT2D eigenvalue weighted by Gasteiger charge is -2.35. The molecule has 1 atom stereocenters. The van der Waals surface area contributed by atoms with E-state index in [4.69, 9.17) is 4.74 Å². The highest BCUT2D eigenvalue weighted by Crippen LogP contribution is 2.21. The number of H-pyrrole nitrogens is 1. The molecule has 22 heavy (non-hydrogen) atoms. The first-order valence-corrected chi connectivity index (χ1v) is 7.61. The van der Waals surface area contributed by atoms with Crippen LogP contribution in [0.5, 0.6) is 0 Å². The second-order valence-electron chi connectivity index (χ2n) is 6.04. The minimum atomic E-state index is -0.313. The molecule has 7 nitrogen and oxygen atoms in total. The zero-order chi connectivity index (χ0) is 15.3. The van der Waals surface area contributed by atoms with E-state index in [9.17, 15) is 14.4 Å². The van der Waals surface area contributed by atoms with Crippen molar-refractivity contribution in [2.24, 2.45) is 0 Å². The number of piperazine rings is 1. The van der Waals surface area contributed by atoms with Gasteiger partial charge in [0, 0.05) is 25.3 Å². The van der Waals surface area contributed by atoms with Crippen LogP contribution in [0.15, 0.2) is 10.9 Å². The Morgan fingerprint density at radius 2 is 2.14 bits per heavy atom. The maximum absolute atomic E-state index is 12.7. The fourth-order valence-electron chi connectivity index (χ4n) is 3.52.